The van der Waals surface area contributed by atoms with Gasteiger partial charge in [-0.15, -0.1) is 0 Å². The van der Waals surface area contributed by atoms with Gasteiger partial charge < -0.3 is 0 Å². The van der Waals surface area contributed by atoms with Gasteiger partial charge >= 0.3 is 0 Å². The second-order valence-corrected chi connectivity index (χ2v) is 2.41. The van der Waals surface area contributed by atoms with Crippen LogP contribution in [0.5, 0.6) is 0 Å². The van der Waals surface area contributed by atoms with E-state index in [1.165, 1.54) is 18.2 Å². The predicted octanol–water partition coefficient (Wildman–Crippen LogP) is 1.00. The molecule has 0 aliphatic rings. The third kappa shape index (κ3) is 3.21. The first kappa shape index (κ1) is 13.4. The van der Waals surface area contributed by atoms with Gasteiger partial charge in [0.2, 0.25) is 0 Å². The first-order valence-electron chi connectivity index (χ1n) is 3.95. The molecule has 0 rings (SSSR count). The van der Waals surface area contributed by atoms with E-state index in [-0.39, 0.29) is 16.7 Å². The normalized spacial score (nSPS) is 8.06. The molecule has 0 aromatic heterocycles. The summed E-state index contributed by atoms with van der Waals surface area (Å²) in [5, 5.41) is 49.9. The van der Waals surface area contributed by atoms with E-state index in [1.54, 1.807) is 18.0 Å². The molecule has 0 aromatic rings. The number of allylic oxidation sites excluding steroid dienone is 5. The summed E-state index contributed by atoms with van der Waals surface area (Å²) in [5.74, 6) is 1.72. The van der Waals surface area contributed by atoms with Crippen LogP contribution in [-0.2, 0) is 0 Å². The van der Waals surface area contributed by atoms with Crippen molar-refractivity contribution in [3.63, 3.8) is 0 Å². The van der Waals surface area contributed by atoms with Crippen LogP contribution in [0.4, 0.5) is 0 Å². The Balaban J connectivity index is 6.00. The highest BCUT2D eigenvalue weighted by Gasteiger charge is 2.08. The molecule has 76 valence electrons. The van der Waals surface area contributed by atoms with E-state index in [0.717, 1.165) is 6.08 Å². The average Bonchev–Trinajstić information content (AvgIpc) is 2.37. The van der Waals surface area contributed by atoms with Crippen molar-refractivity contribution in [2.45, 2.75) is 0 Å². The van der Waals surface area contributed by atoms with E-state index in [2.05, 4.69) is 0 Å². The zero-order valence-corrected chi connectivity index (χ0v) is 8.31. The van der Waals surface area contributed by atoms with Crippen LogP contribution in [0.2, 0.25) is 0 Å². The van der Waals surface area contributed by atoms with E-state index in [0.29, 0.717) is 0 Å². The van der Waals surface area contributed by atoms with Gasteiger partial charge in [0.05, 0.1) is 11.1 Å². The third-order valence-electron chi connectivity index (χ3n) is 1.53. The molecule has 0 atom stereocenters. The van der Waals surface area contributed by atoms with Gasteiger partial charge in [-0.1, -0.05) is 0 Å². The Kier molecular flexibility index (Phi) is 5.33. The molecule has 0 aliphatic heterocycles. The summed E-state index contributed by atoms with van der Waals surface area (Å²) < 4.78 is 0. The van der Waals surface area contributed by atoms with Crippen LogP contribution >= 0.6 is 0 Å². The van der Waals surface area contributed by atoms with Crippen LogP contribution in [0.1, 0.15) is 0 Å². The van der Waals surface area contributed by atoms with E-state index in [9.17, 15) is 0 Å². The van der Waals surface area contributed by atoms with Gasteiger partial charge in [0.15, 0.2) is 0 Å². The highest BCUT2D eigenvalue weighted by Crippen LogP contribution is 2.11. The Bertz CT molecular complexity index is 635. The molecule has 0 amide bonds. The smallest absolute Gasteiger partial charge is 0.147 e. The van der Waals surface area contributed by atoms with Crippen molar-refractivity contribution in [2.75, 3.05) is 0 Å². The monoisotopic (exact) mass is 218 g/mol. The lowest BCUT2D eigenvalue weighted by molar-refractivity contribution is 1.40. The van der Waals surface area contributed by atoms with E-state index >= 15 is 0 Å². The third-order valence-corrected chi connectivity index (χ3v) is 1.53. The number of hydrogen-bond donors (Lipinski definition) is 1. The van der Waals surface area contributed by atoms with Gasteiger partial charge in [-0.05, 0) is 11.9 Å². The number of rotatable bonds is 2. The fourth-order valence-corrected chi connectivity index (χ4v) is 0.766. The predicted molar refractivity (Wildman–Crippen MR) is 54.4 cm³/mol. The van der Waals surface area contributed by atoms with Crippen molar-refractivity contribution < 1.29 is 0 Å². The standard InChI is InChI=1S/C11H2N6/c12-2-8(10(4-14)5-15)1-9(3-13)11(6-16)7-17/h1,14H. The van der Waals surface area contributed by atoms with Crippen molar-refractivity contribution >= 4 is 5.87 Å². The SMILES string of the molecule is N#CC(=C=N)C(C#N)=CC(C#N)=C(C#N)C#N. The Morgan fingerprint density at radius 2 is 1.41 bits per heavy atom. The van der Waals surface area contributed by atoms with E-state index < -0.39 is 5.57 Å². The summed E-state index contributed by atoms with van der Waals surface area (Å²) in [6.07, 6.45) is 0.905. The molecule has 0 saturated heterocycles. The molecule has 0 heterocycles. The van der Waals surface area contributed by atoms with Gasteiger partial charge in [0, 0.05) is 0 Å². The summed E-state index contributed by atoms with van der Waals surface area (Å²) >= 11 is 0. The van der Waals surface area contributed by atoms with E-state index in [4.69, 9.17) is 31.7 Å². The van der Waals surface area contributed by atoms with Gasteiger partial charge in [0.25, 0.3) is 0 Å². The fraction of sp³-hybridized carbons (Fsp3) is 0. The maximum atomic E-state index is 8.72. The molecule has 6 heteroatoms. The van der Waals surface area contributed by atoms with E-state index in [1.807, 2.05) is 0 Å². The van der Waals surface area contributed by atoms with Gasteiger partial charge in [0.1, 0.15) is 41.5 Å². The minimum absolute atomic E-state index is 0.304. The topological polar surface area (TPSA) is 143 Å². The lowest BCUT2D eigenvalue weighted by atomic mass is 10.0. The molecule has 0 aromatic carbocycles. The molecular weight excluding hydrogens is 216 g/mol. The van der Waals surface area contributed by atoms with Crippen LogP contribution in [-0.4, -0.2) is 5.87 Å². The zero-order chi connectivity index (χ0) is 13.3. The molecule has 17 heavy (non-hydrogen) atoms. The Hall–Kier alpha value is -3.62. The maximum absolute atomic E-state index is 8.72. The van der Waals surface area contributed by atoms with Crippen molar-refractivity contribution in [1.82, 2.24) is 0 Å². The molecule has 0 saturated carbocycles. The number of nitrogens with zero attached hydrogens (tertiary/aromatic N) is 5. The molecule has 0 unspecified atom stereocenters. The van der Waals surface area contributed by atoms with Crippen LogP contribution in [0.15, 0.2) is 28.4 Å². The van der Waals surface area contributed by atoms with Crippen molar-refractivity contribution in [3.8, 4) is 30.3 Å². The fourth-order valence-electron chi connectivity index (χ4n) is 0.766. The van der Waals surface area contributed by atoms with Crippen molar-refractivity contribution in [1.29, 1.82) is 31.7 Å². The van der Waals surface area contributed by atoms with Crippen LogP contribution in [0, 0.1) is 62.1 Å². The van der Waals surface area contributed by atoms with Gasteiger partial charge in [-0.3, -0.25) is 5.41 Å². The summed E-state index contributed by atoms with van der Waals surface area (Å²) in [4.78, 5) is 0. The lowest BCUT2D eigenvalue weighted by Gasteiger charge is -1.91. The zero-order valence-electron chi connectivity index (χ0n) is 8.31. The van der Waals surface area contributed by atoms with Crippen LogP contribution < -0.4 is 0 Å². The maximum Gasteiger partial charge on any atom is 0.147 e. The molecule has 1 N–H and O–H groups in total. The average molecular weight is 218 g/mol. The second-order valence-electron chi connectivity index (χ2n) is 2.41. The number of hydrogen-bond acceptors (Lipinski definition) is 6. The minimum atomic E-state index is -0.470. The van der Waals surface area contributed by atoms with Crippen LogP contribution in [0.3, 0.4) is 0 Å². The summed E-state index contributed by atoms with van der Waals surface area (Å²) in [5.41, 5.74) is -1.49. The summed E-state index contributed by atoms with van der Waals surface area (Å²) in [6.45, 7) is 0. The first-order valence-corrected chi connectivity index (χ1v) is 3.95. The van der Waals surface area contributed by atoms with Gasteiger partial charge in [-0.2, -0.15) is 26.3 Å². The molecular formula is C11H2N6. The largest absolute Gasteiger partial charge is 0.258 e. The van der Waals surface area contributed by atoms with Crippen molar-refractivity contribution in [3.05, 3.63) is 28.4 Å². The highest BCUT2D eigenvalue weighted by atomic mass is 14.3. The molecule has 0 aliphatic carbocycles. The Labute approximate surface area is 97.0 Å². The Morgan fingerprint density at radius 1 is 0.824 bits per heavy atom. The first-order chi connectivity index (χ1) is 8.18. The quantitative estimate of drug-likeness (QED) is 0.417. The molecule has 6 nitrogen and oxygen atoms in total. The van der Waals surface area contributed by atoms with Crippen molar-refractivity contribution in [2.24, 2.45) is 0 Å². The lowest BCUT2D eigenvalue weighted by Crippen LogP contribution is -1.89. The molecule has 0 spiro atoms. The second kappa shape index (κ2) is 6.78. The summed E-state index contributed by atoms with van der Waals surface area (Å²) in [6, 6.07) is 7.67. The molecule has 0 fully saturated rings. The number of nitrogens with one attached hydrogen (secondary N) is 1. The summed E-state index contributed by atoms with van der Waals surface area (Å²) in [7, 11) is 0. The molecule has 0 radical (unpaired) electrons. The van der Waals surface area contributed by atoms with Crippen LogP contribution in [0.25, 0.3) is 0 Å². The number of nitriles is 5. The Morgan fingerprint density at radius 3 is 1.71 bits per heavy atom. The highest BCUT2D eigenvalue weighted by molar-refractivity contribution is 5.73. The minimum Gasteiger partial charge on any atom is -0.258 e. The van der Waals surface area contributed by atoms with Gasteiger partial charge in [-0.25, -0.2) is 0 Å². The molecule has 0 bridgehead atoms.